The Morgan fingerprint density at radius 3 is 2.94 bits per heavy atom. The van der Waals surface area contributed by atoms with E-state index in [1.54, 1.807) is 18.0 Å². The Kier molecular flexibility index (Phi) is 3.57. The van der Waals surface area contributed by atoms with Crippen molar-refractivity contribution in [2.24, 2.45) is 0 Å². The van der Waals surface area contributed by atoms with Gasteiger partial charge in [0.2, 0.25) is 0 Å². The molecule has 0 atom stereocenters. The van der Waals surface area contributed by atoms with Crippen molar-refractivity contribution in [3.63, 3.8) is 0 Å². The minimum Gasteiger partial charge on any atom is -0.476 e. The number of carboxylic acids is 1. The second kappa shape index (κ2) is 5.14. The Morgan fingerprint density at radius 2 is 2.33 bits per heavy atom. The summed E-state index contributed by atoms with van der Waals surface area (Å²) in [6, 6.07) is 6.28. The highest BCUT2D eigenvalue weighted by Gasteiger charge is 2.12. The Hall–Kier alpha value is -1.95. The normalized spacial score (nSPS) is 10.3. The van der Waals surface area contributed by atoms with Crippen molar-refractivity contribution < 1.29 is 14.3 Å². The molecule has 6 heteroatoms. The van der Waals surface area contributed by atoms with Gasteiger partial charge in [0.15, 0.2) is 10.8 Å². The number of benzene rings is 1. The highest BCUT2D eigenvalue weighted by atomic mass is 32.1. The lowest BCUT2D eigenvalue weighted by Gasteiger charge is -2.15. The second-order valence-corrected chi connectivity index (χ2v) is 4.64. The number of nitrogens with zero attached hydrogens (tertiary/aromatic N) is 2. The number of halogens is 1. The average Bonchev–Trinajstić information content (AvgIpc) is 2.78. The van der Waals surface area contributed by atoms with Gasteiger partial charge >= 0.3 is 5.97 Å². The van der Waals surface area contributed by atoms with Gasteiger partial charge in [0.05, 0.1) is 0 Å². The smallest absolute Gasteiger partial charge is 0.355 e. The van der Waals surface area contributed by atoms with E-state index in [9.17, 15) is 9.18 Å². The number of anilines is 1. The van der Waals surface area contributed by atoms with Crippen LogP contribution in [-0.4, -0.2) is 23.1 Å². The maximum Gasteiger partial charge on any atom is 0.355 e. The van der Waals surface area contributed by atoms with Crippen molar-refractivity contribution in [3.8, 4) is 0 Å². The molecule has 0 spiro atoms. The van der Waals surface area contributed by atoms with E-state index in [1.807, 2.05) is 6.07 Å². The van der Waals surface area contributed by atoms with Gasteiger partial charge in [0, 0.05) is 19.0 Å². The fourth-order valence-corrected chi connectivity index (χ4v) is 2.28. The topological polar surface area (TPSA) is 53.4 Å². The van der Waals surface area contributed by atoms with Crippen LogP contribution in [0.1, 0.15) is 16.1 Å². The molecule has 0 unspecified atom stereocenters. The summed E-state index contributed by atoms with van der Waals surface area (Å²) in [4.78, 5) is 16.5. The van der Waals surface area contributed by atoms with E-state index in [0.29, 0.717) is 11.7 Å². The first-order chi connectivity index (χ1) is 8.56. The molecule has 0 fully saturated rings. The highest BCUT2D eigenvalue weighted by Crippen LogP contribution is 2.21. The number of aromatic nitrogens is 1. The summed E-state index contributed by atoms with van der Waals surface area (Å²) in [5.74, 6) is -1.33. The number of carboxylic acid groups (broad SMARTS) is 1. The zero-order chi connectivity index (χ0) is 13.1. The molecule has 0 aliphatic heterocycles. The lowest BCUT2D eigenvalue weighted by Crippen LogP contribution is -2.16. The molecule has 18 heavy (non-hydrogen) atoms. The van der Waals surface area contributed by atoms with Gasteiger partial charge in [-0.25, -0.2) is 14.2 Å². The zero-order valence-electron chi connectivity index (χ0n) is 9.63. The molecule has 1 aromatic heterocycles. The minimum absolute atomic E-state index is 0.0288. The fraction of sp³-hybridized carbons (Fsp3) is 0.167. The van der Waals surface area contributed by atoms with Crippen LogP contribution in [0.25, 0.3) is 0 Å². The zero-order valence-corrected chi connectivity index (χ0v) is 10.4. The molecular formula is C12H11FN2O2S. The molecule has 1 N–H and O–H groups in total. The predicted octanol–water partition coefficient (Wildman–Crippen LogP) is 2.62. The van der Waals surface area contributed by atoms with Gasteiger partial charge in [-0.3, -0.25) is 0 Å². The van der Waals surface area contributed by atoms with Crippen molar-refractivity contribution in [1.82, 2.24) is 4.98 Å². The molecule has 1 heterocycles. The first kappa shape index (κ1) is 12.5. The molecule has 0 saturated heterocycles. The van der Waals surface area contributed by atoms with E-state index in [-0.39, 0.29) is 11.5 Å². The summed E-state index contributed by atoms with van der Waals surface area (Å²) in [5, 5.41) is 10.9. The van der Waals surface area contributed by atoms with Crippen LogP contribution in [0.2, 0.25) is 0 Å². The summed E-state index contributed by atoms with van der Waals surface area (Å²) in [6.45, 7) is 0.477. The third-order valence-electron chi connectivity index (χ3n) is 2.35. The number of aromatic carboxylic acids is 1. The minimum atomic E-state index is -1.04. The first-order valence-corrected chi connectivity index (χ1v) is 6.08. The van der Waals surface area contributed by atoms with Crippen LogP contribution in [0, 0.1) is 5.82 Å². The van der Waals surface area contributed by atoms with Crippen LogP contribution in [-0.2, 0) is 6.54 Å². The van der Waals surface area contributed by atoms with Gasteiger partial charge in [-0.05, 0) is 17.7 Å². The van der Waals surface area contributed by atoms with Crippen LogP contribution in [0.4, 0.5) is 9.52 Å². The van der Waals surface area contributed by atoms with Crippen LogP contribution in [0.3, 0.4) is 0 Å². The molecule has 2 aromatic rings. The van der Waals surface area contributed by atoms with E-state index in [1.165, 1.54) is 28.8 Å². The van der Waals surface area contributed by atoms with Crippen molar-refractivity contribution in [2.75, 3.05) is 11.9 Å². The number of thiazole rings is 1. The highest BCUT2D eigenvalue weighted by molar-refractivity contribution is 7.13. The Balaban J connectivity index is 2.11. The molecule has 0 saturated carbocycles. The summed E-state index contributed by atoms with van der Waals surface area (Å²) in [5.41, 5.74) is 0.839. The lowest BCUT2D eigenvalue weighted by atomic mass is 10.2. The summed E-state index contributed by atoms with van der Waals surface area (Å²) >= 11 is 1.25. The van der Waals surface area contributed by atoms with Crippen molar-refractivity contribution in [1.29, 1.82) is 0 Å². The van der Waals surface area contributed by atoms with Gasteiger partial charge in [0.25, 0.3) is 0 Å². The molecule has 4 nitrogen and oxygen atoms in total. The van der Waals surface area contributed by atoms with E-state index < -0.39 is 5.97 Å². The van der Waals surface area contributed by atoms with Gasteiger partial charge in [-0.15, -0.1) is 11.3 Å². The second-order valence-electron chi connectivity index (χ2n) is 3.81. The van der Waals surface area contributed by atoms with Crippen molar-refractivity contribution in [3.05, 3.63) is 46.7 Å². The molecule has 2 rings (SSSR count). The Labute approximate surface area is 107 Å². The average molecular weight is 266 g/mol. The van der Waals surface area contributed by atoms with Gasteiger partial charge in [0.1, 0.15) is 5.82 Å². The molecule has 0 radical (unpaired) electrons. The number of hydrogen-bond donors (Lipinski definition) is 1. The van der Waals surface area contributed by atoms with Crippen molar-refractivity contribution >= 4 is 22.4 Å². The van der Waals surface area contributed by atoms with E-state index in [4.69, 9.17) is 5.11 Å². The molecule has 1 aromatic carbocycles. The fourth-order valence-electron chi connectivity index (χ4n) is 1.51. The van der Waals surface area contributed by atoms with E-state index in [0.717, 1.165) is 5.56 Å². The van der Waals surface area contributed by atoms with Gasteiger partial charge in [-0.1, -0.05) is 12.1 Å². The number of rotatable bonds is 4. The van der Waals surface area contributed by atoms with Crippen LogP contribution in [0.15, 0.2) is 29.6 Å². The van der Waals surface area contributed by atoms with Crippen LogP contribution in [0.5, 0.6) is 0 Å². The third kappa shape index (κ3) is 2.84. The number of hydrogen-bond acceptors (Lipinski definition) is 4. The monoisotopic (exact) mass is 266 g/mol. The summed E-state index contributed by atoms with van der Waals surface area (Å²) < 4.78 is 13.0. The lowest BCUT2D eigenvalue weighted by molar-refractivity contribution is 0.0691. The predicted molar refractivity (Wildman–Crippen MR) is 67.6 cm³/mol. The summed E-state index contributed by atoms with van der Waals surface area (Å²) in [7, 11) is 1.79. The molecule has 0 amide bonds. The van der Waals surface area contributed by atoms with E-state index >= 15 is 0 Å². The summed E-state index contributed by atoms with van der Waals surface area (Å²) in [6.07, 6.45) is 0. The molecule has 94 valence electrons. The first-order valence-electron chi connectivity index (χ1n) is 5.20. The van der Waals surface area contributed by atoms with Gasteiger partial charge in [-0.2, -0.15) is 0 Å². The molecule has 0 bridgehead atoms. The van der Waals surface area contributed by atoms with Crippen molar-refractivity contribution in [2.45, 2.75) is 6.54 Å². The molecule has 0 aliphatic carbocycles. The molecule has 0 aliphatic rings. The largest absolute Gasteiger partial charge is 0.476 e. The Bertz CT molecular complexity index is 571. The van der Waals surface area contributed by atoms with E-state index in [2.05, 4.69) is 4.98 Å². The van der Waals surface area contributed by atoms with Crippen LogP contribution >= 0.6 is 11.3 Å². The van der Waals surface area contributed by atoms with Crippen LogP contribution < -0.4 is 4.90 Å². The SMILES string of the molecule is CN(Cc1cccc(F)c1)c1nc(C(=O)O)cs1. The standard InChI is InChI=1S/C12H11FN2O2S/c1-15(6-8-3-2-4-9(13)5-8)12-14-10(7-18-12)11(16)17/h2-5,7H,6H2,1H3,(H,16,17). The molecular weight excluding hydrogens is 255 g/mol. The maximum absolute atomic E-state index is 13.0. The Morgan fingerprint density at radius 1 is 1.56 bits per heavy atom. The maximum atomic E-state index is 13.0. The quantitative estimate of drug-likeness (QED) is 0.924. The van der Waals surface area contributed by atoms with Gasteiger partial charge < -0.3 is 10.0 Å². The number of carbonyl (C=O) groups is 1. The third-order valence-corrected chi connectivity index (χ3v) is 3.30.